The van der Waals surface area contributed by atoms with Gasteiger partial charge in [-0.25, -0.2) is 18.7 Å². The van der Waals surface area contributed by atoms with Crippen molar-refractivity contribution in [3.63, 3.8) is 0 Å². The fraction of sp³-hybridized carbons (Fsp3) is 0.205. The van der Waals surface area contributed by atoms with Gasteiger partial charge < -0.3 is 44.8 Å². The van der Waals surface area contributed by atoms with E-state index in [9.17, 15) is 13.6 Å². The molecular weight excluding hydrogens is 670 g/mol. The Morgan fingerprint density at radius 2 is 1.21 bits per heavy atom. The molecule has 6 rings (SSSR count). The number of ether oxygens (including phenoxy) is 4. The smallest absolute Gasteiger partial charge is 0.169 e. The Hall–Kier alpha value is -6.37. The van der Waals surface area contributed by atoms with Gasteiger partial charge in [-0.2, -0.15) is 0 Å². The first-order valence-corrected chi connectivity index (χ1v) is 16.4. The van der Waals surface area contributed by atoms with Crippen molar-refractivity contribution in [3.8, 4) is 34.5 Å². The molecule has 0 saturated carbocycles. The zero-order valence-electron chi connectivity index (χ0n) is 29.4. The molecule has 272 valence electrons. The largest absolute Gasteiger partial charge is 0.493 e. The Kier molecular flexibility index (Phi) is 14.6. The lowest BCUT2D eigenvalue weighted by molar-refractivity contribution is -0.107. The van der Waals surface area contributed by atoms with E-state index in [1.165, 1.54) is 18.2 Å². The maximum atomic E-state index is 14.4. The first kappa shape index (κ1) is 38.4. The van der Waals surface area contributed by atoms with Crippen LogP contribution in [0.1, 0.15) is 36.4 Å². The fourth-order valence-electron chi connectivity index (χ4n) is 4.63. The second-order valence-electron chi connectivity index (χ2n) is 11.1. The van der Waals surface area contributed by atoms with Crippen LogP contribution in [0.5, 0.6) is 34.5 Å². The van der Waals surface area contributed by atoms with Crippen LogP contribution in [0.15, 0.2) is 97.8 Å². The van der Waals surface area contributed by atoms with Crippen LogP contribution in [0.25, 0.3) is 0 Å². The average Bonchev–Trinajstić information content (AvgIpc) is 3.89. The quantitative estimate of drug-likeness (QED) is 0.0684. The first-order chi connectivity index (χ1) is 25.3. The van der Waals surface area contributed by atoms with E-state index in [1.54, 1.807) is 69.6 Å². The highest BCUT2D eigenvalue weighted by atomic mass is 19.1. The van der Waals surface area contributed by atoms with Crippen LogP contribution in [0, 0.1) is 11.6 Å². The van der Waals surface area contributed by atoms with Gasteiger partial charge in [0.25, 0.3) is 0 Å². The molecule has 0 fully saturated rings. The van der Waals surface area contributed by atoms with Crippen LogP contribution in [0.3, 0.4) is 0 Å². The van der Waals surface area contributed by atoms with Crippen molar-refractivity contribution >= 4 is 17.7 Å². The Labute approximate surface area is 301 Å². The summed E-state index contributed by atoms with van der Waals surface area (Å²) < 4.78 is 49.8. The summed E-state index contributed by atoms with van der Waals surface area (Å²) in [6.45, 7) is 4.64. The monoisotopic (exact) mass is 712 g/mol. The lowest BCUT2D eigenvalue weighted by Gasteiger charge is -2.13. The molecule has 0 spiro atoms. The Balaban J connectivity index is 0.000000197. The van der Waals surface area contributed by atoms with Gasteiger partial charge in [-0.1, -0.05) is 26.0 Å². The summed E-state index contributed by atoms with van der Waals surface area (Å²) in [5, 5.41) is 3.13. The number of nitrogen functional groups attached to an aromatic ring is 1. The molecule has 0 aliphatic carbocycles. The number of anilines is 2. The maximum Gasteiger partial charge on any atom is 0.169 e. The number of hydrogen-bond acceptors (Lipinski definition) is 9. The number of halogens is 2. The predicted molar refractivity (Wildman–Crippen MR) is 196 cm³/mol. The van der Waals surface area contributed by atoms with E-state index in [4.69, 9.17) is 24.7 Å². The number of aryl methyl sites for hydroxylation is 2. The van der Waals surface area contributed by atoms with Gasteiger partial charge in [-0.3, -0.25) is 0 Å². The number of imidazole rings is 2. The third kappa shape index (κ3) is 11.3. The van der Waals surface area contributed by atoms with E-state index in [2.05, 4.69) is 39.1 Å². The van der Waals surface area contributed by atoms with Crippen molar-refractivity contribution in [2.24, 2.45) is 0 Å². The van der Waals surface area contributed by atoms with Crippen LogP contribution >= 0.6 is 0 Å². The van der Waals surface area contributed by atoms with E-state index >= 15 is 0 Å². The molecule has 52 heavy (non-hydrogen) atoms. The Morgan fingerprint density at radius 1 is 0.692 bits per heavy atom. The second kappa shape index (κ2) is 19.7. The van der Waals surface area contributed by atoms with Gasteiger partial charge in [0.15, 0.2) is 46.1 Å². The third-order valence-electron chi connectivity index (χ3n) is 7.50. The molecule has 0 bridgehead atoms. The minimum absolute atomic E-state index is 0.122. The molecule has 11 nitrogen and oxygen atoms in total. The molecule has 2 aromatic heterocycles. The third-order valence-corrected chi connectivity index (χ3v) is 7.50. The number of H-pyrrole nitrogens is 2. The molecule has 0 atom stereocenters. The fourth-order valence-corrected chi connectivity index (χ4v) is 4.63. The lowest BCUT2D eigenvalue weighted by atomic mass is 10.1. The number of rotatable bonds is 13. The molecule has 4 aromatic carbocycles. The first-order valence-electron chi connectivity index (χ1n) is 16.4. The Bertz CT molecular complexity index is 1990. The van der Waals surface area contributed by atoms with Gasteiger partial charge >= 0.3 is 0 Å². The number of aromatic amines is 2. The highest BCUT2D eigenvalue weighted by Gasteiger charge is 2.12. The van der Waals surface area contributed by atoms with Crippen molar-refractivity contribution in [3.05, 3.63) is 132 Å². The number of aldehydes is 1. The minimum atomic E-state index is -0.498. The van der Waals surface area contributed by atoms with Crippen molar-refractivity contribution in [2.45, 2.75) is 39.7 Å². The molecule has 0 aliphatic heterocycles. The molecule has 0 aliphatic rings. The average molecular weight is 713 g/mol. The van der Waals surface area contributed by atoms with Crippen molar-refractivity contribution < 1.29 is 32.5 Å². The van der Waals surface area contributed by atoms with Gasteiger partial charge in [0.05, 0.1) is 39.1 Å². The van der Waals surface area contributed by atoms with Gasteiger partial charge in [0, 0.05) is 48.0 Å². The van der Waals surface area contributed by atoms with Crippen molar-refractivity contribution in [1.29, 1.82) is 0 Å². The molecule has 0 amide bonds. The summed E-state index contributed by atoms with van der Waals surface area (Å²) in [5.41, 5.74) is 10.5. The molecule has 13 heteroatoms. The van der Waals surface area contributed by atoms with Gasteiger partial charge in [-0.15, -0.1) is 0 Å². The molecule has 5 N–H and O–H groups in total. The zero-order valence-corrected chi connectivity index (χ0v) is 29.4. The Morgan fingerprint density at radius 3 is 1.67 bits per heavy atom. The number of hydrogen-bond donors (Lipinski definition) is 4. The van der Waals surface area contributed by atoms with Crippen LogP contribution in [-0.2, 0) is 30.6 Å². The number of carbonyl (C=O) groups is 1. The molecule has 0 saturated heterocycles. The number of methoxy groups -OCH3 is 2. The highest BCUT2D eigenvalue weighted by Crippen LogP contribution is 2.35. The van der Waals surface area contributed by atoms with Gasteiger partial charge in [0.1, 0.15) is 6.29 Å². The summed E-state index contributed by atoms with van der Waals surface area (Å²) in [7, 11) is 3.13. The number of nitrogens with two attached hydrogens (primary N) is 1. The number of aromatic nitrogens is 4. The molecule has 2 heterocycles. The number of nitrogens with zero attached hydrogens (tertiary/aromatic N) is 2. The molecular formula is C39H42F2N6O5. The van der Waals surface area contributed by atoms with E-state index in [1.807, 2.05) is 24.3 Å². The summed E-state index contributed by atoms with van der Waals surface area (Å²) in [6, 6.07) is 20.3. The highest BCUT2D eigenvalue weighted by molar-refractivity contribution is 5.53. The van der Waals surface area contributed by atoms with Crippen molar-refractivity contribution in [2.75, 3.05) is 25.3 Å². The summed E-state index contributed by atoms with van der Waals surface area (Å²) in [4.78, 5) is 23.3. The minimum Gasteiger partial charge on any atom is -0.493 e. The number of benzene rings is 4. The van der Waals surface area contributed by atoms with Crippen LogP contribution < -0.4 is 30.0 Å². The van der Waals surface area contributed by atoms with Gasteiger partial charge in [0.2, 0.25) is 0 Å². The zero-order chi connectivity index (χ0) is 37.3. The van der Waals surface area contributed by atoms with E-state index in [0.29, 0.717) is 47.3 Å². The van der Waals surface area contributed by atoms with Crippen LogP contribution in [0.2, 0.25) is 0 Å². The SMILES string of the molecule is CCc1ccc(Oc2ccc(N)cc2F)c(OC)c1.CCc1ccc(Oc2ccc(NCc3cnc[nH]3)cc2F)c(OC)c1.O=CCc1cnc[nH]1. The van der Waals surface area contributed by atoms with Crippen molar-refractivity contribution in [1.82, 2.24) is 19.9 Å². The topological polar surface area (TPSA) is 149 Å². The summed E-state index contributed by atoms with van der Waals surface area (Å²) >= 11 is 0. The number of nitrogens with one attached hydrogen (secondary N) is 3. The van der Waals surface area contributed by atoms with Gasteiger partial charge in [-0.05, 0) is 72.5 Å². The van der Waals surface area contributed by atoms with E-state index < -0.39 is 11.6 Å². The maximum absolute atomic E-state index is 14.4. The number of carbonyl (C=O) groups excluding carboxylic acids is 1. The van der Waals surface area contributed by atoms with E-state index in [-0.39, 0.29) is 11.5 Å². The normalized spacial score (nSPS) is 10.2. The second-order valence-corrected chi connectivity index (χ2v) is 11.1. The lowest BCUT2D eigenvalue weighted by Crippen LogP contribution is -2.00. The van der Waals surface area contributed by atoms with Crippen LogP contribution in [0.4, 0.5) is 20.2 Å². The van der Waals surface area contributed by atoms with E-state index in [0.717, 1.165) is 41.6 Å². The summed E-state index contributed by atoms with van der Waals surface area (Å²) in [6.07, 6.45) is 9.56. The predicted octanol–water partition coefficient (Wildman–Crippen LogP) is 8.45. The molecule has 0 unspecified atom stereocenters. The standard InChI is InChI=1S/C19H20FN3O2.C15H16FNO2.C5H6N2O/c1-3-13-4-6-18(19(8-13)24-2)25-17-7-5-14(9-16(17)20)22-11-15-10-21-12-23-15;1-3-10-4-6-14(15(8-10)18-2)19-13-7-5-11(17)9-12(13)16;8-2-1-5-3-6-4-7-5/h4-10,12,22H,3,11H2,1-2H3,(H,21,23);4-9H,3,17H2,1-2H3;2-4H,1H2,(H,6,7). The van der Waals surface area contributed by atoms with Crippen LogP contribution in [-0.4, -0.2) is 40.4 Å². The summed E-state index contributed by atoms with van der Waals surface area (Å²) in [5.74, 6) is 1.44. The molecule has 6 aromatic rings. The molecule has 0 radical (unpaired) electrons.